The normalized spacial score (nSPS) is 10.9. The van der Waals surface area contributed by atoms with Gasteiger partial charge < -0.3 is 4.40 Å². The van der Waals surface area contributed by atoms with Crippen LogP contribution >= 0.6 is 0 Å². The van der Waals surface area contributed by atoms with Crippen molar-refractivity contribution in [1.82, 2.24) is 9.38 Å². The fourth-order valence-corrected chi connectivity index (χ4v) is 1.40. The third kappa shape index (κ3) is 0.843. The van der Waals surface area contributed by atoms with E-state index < -0.39 is 0 Å². The molecule has 0 atom stereocenters. The van der Waals surface area contributed by atoms with Gasteiger partial charge in [-0.05, 0) is 38.0 Å². The summed E-state index contributed by atoms with van der Waals surface area (Å²) in [5, 5.41) is 0. The molecule has 2 rings (SSSR count). The van der Waals surface area contributed by atoms with Gasteiger partial charge >= 0.3 is 0 Å². The Morgan fingerprint density at radius 3 is 2.75 bits per heavy atom. The third-order valence-electron chi connectivity index (χ3n) is 2.38. The van der Waals surface area contributed by atoms with Gasteiger partial charge in [-0.3, -0.25) is 0 Å². The highest BCUT2D eigenvalue weighted by Crippen LogP contribution is 2.14. The lowest BCUT2D eigenvalue weighted by molar-refractivity contribution is 1.08. The van der Waals surface area contributed by atoms with Crippen molar-refractivity contribution in [3.8, 4) is 0 Å². The maximum absolute atomic E-state index is 4.34. The fourth-order valence-electron chi connectivity index (χ4n) is 1.40. The topological polar surface area (TPSA) is 17.3 Å². The summed E-state index contributed by atoms with van der Waals surface area (Å²) < 4.78 is 2.11. The van der Waals surface area contributed by atoms with Gasteiger partial charge in [0, 0.05) is 18.1 Å². The van der Waals surface area contributed by atoms with Crippen molar-refractivity contribution in [3.63, 3.8) is 0 Å². The Morgan fingerprint density at radius 1 is 1.25 bits per heavy atom. The molecule has 0 N–H and O–H groups in total. The van der Waals surface area contributed by atoms with Gasteiger partial charge in [0.05, 0.1) is 0 Å². The van der Waals surface area contributed by atoms with Crippen LogP contribution in [0.15, 0.2) is 18.5 Å². The first-order valence-electron chi connectivity index (χ1n) is 4.10. The molecule has 0 saturated carbocycles. The van der Waals surface area contributed by atoms with Gasteiger partial charge in [0.15, 0.2) is 0 Å². The Hall–Kier alpha value is -1.31. The van der Waals surface area contributed by atoms with E-state index in [9.17, 15) is 0 Å². The lowest BCUT2D eigenvalue weighted by Crippen LogP contribution is -1.91. The van der Waals surface area contributed by atoms with Crippen LogP contribution in [0.25, 0.3) is 5.65 Å². The monoisotopic (exact) mass is 160 g/mol. The second-order valence-electron chi connectivity index (χ2n) is 3.22. The molecule has 0 bridgehead atoms. The summed E-state index contributed by atoms with van der Waals surface area (Å²) >= 11 is 0. The SMILES string of the molecule is Cc1ccn2c(C)cnc2c1C. The standard InChI is InChI=1S/C10H12N2/c1-7-4-5-12-8(2)6-11-10(12)9(7)3/h4-6H,1-3H3. The van der Waals surface area contributed by atoms with E-state index in [1.54, 1.807) is 0 Å². The molecule has 0 radical (unpaired) electrons. The van der Waals surface area contributed by atoms with Gasteiger partial charge in [-0.2, -0.15) is 0 Å². The Morgan fingerprint density at radius 2 is 2.00 bits per heavy atom. The highest BCUT2D eigenvalue weighted by atomic mass is 15.0. The number of rotatable bonds is 0. The molecule has 0 unspecified atom stereocenters. The van der Waals surface area contributed by atoms with Crippen LogP contribution in [0.3, 0.4) is 0 Å². The zero-order chi connectivity index (χ0) is 8.72. The highest BCUT2D eigenvalue weighted by molar-refractivity contribution is 5.51. The van der Waals surface area contributed by atoms with Crippen molar-refractivity contribution in [2.75, 3.05) is 0 Å². The lowest BCUT2D eigenvalue weighted by atomic mass is 10.2. The van der Waals surface area contributed by atoms with Crippen molar-refractivity contribution >= 4 is 5.65 Å². The molecule has 12 heavy (non-hydrogen) atoms. The van der Waals surface area contributed by atoms with Crippen LogP contribution in [-0.2, 0) is 0 Å². The average molecular weight is 160 g/mol. The predicted octanol–water partition coefficient (Wildman–Crippen LogP) is 2.26. The van der Waals surface area contributed by atoms with Gasteiger partial charge in [0.1, 0.15) is 5.65 Å². The molecule has 2 heteroatoms. The van der Waals surface area contributed by atoms with Gasteiger partial charge in [-0.25, -0.2) is 4.98 Å². The number of hydrogen-bond acceptors (Lipinski definition) is 1. The number of hydrogen-bond donors (Lipinski definition) is 0. The van der Waals surface area contributed by atoms with Gasteiger partial charge in [-0.1, -0.05) is 0 Å². The smallest absolute Gasteiger partial charge is 0.140 e. The molecule has 0 aliphatic rings. The molecule has 0 amide bonds. The van der Waals surface area contributed by atoms with E-state index in [4.69, 9.17) is 0 Å². The largest absolute Gasteiger partial charge is 0.304 e. The third-order valence-corrected chi connectivity index (χ3v) is 2.38. The second-order valence-corrected chi connectivity index (χ2v) is 3.22. The quantitative estimate of drug-likeness (QED) is 0.577. The zero-order valence-corrected chi connectivity index (χ0v) is 7.63. The Bertz CT molecular complexity index is 427. The molecule has 0 spiro atoms. The number of fused-ring (bicyclic) bond motifs is 1. The summed E-state index contributed by atoms with van der Waals surface area (Å²) in [4.78, 5) is 4.34. The van der Waals surface area contributed by atoms with Gasteiger partial charge in [-0.15, -0.1) is 0 Å². The molecule has 2 nitrogen and oxygen atoms in total. The minimum Gasteiger partial charge on any atom is -0.304 e. The molecule has 0 saturated heterocycles. The summed E-state index contributed by atoms with van der Waals surface area (Å²) in [5.41, 5.74) is 4.83. The fraction of sp³-hybridized carbons (Fsp3) is 0.300. The zero-order valence-electron chi connectivity index (χ0n) is 7.63. The highest BCUT2D eigenvalue weighted by Gasteiger charge is 2.02. The molecule has 2 aromatic rings. The number of imidazole rings is 1. The summed E-state index contributed by atoms with van der Waals surface area (Å²) in [6.45, 7) is 6.28. The van der Waals surface area contributed by atoms with Crippen molar-refractivity contribution in [2.24, 2.45) is 0 Å². The van der Waals surface area contributed by atoms with E-state index in [1.165, 1.54) is 16.8 Å². The van der Waals surface area contributed by atoms with Crippen molar-refractivity contribution in [3.05, 3.63) is 35.3 Å². The van der Waals surface area contributed by atoms with Crippen molar-refractivity contribution in [1.29, 1.82) is 0 Å². The minimum absolute atomic E-state index is 1.08. The number of aryl methyl sites for hydroxylation is 3. The number of aromatic nitrogens is 2. The van der Waals surface area contributed by atoms with E-state index in [2.05, 4.69) is 42.4 Å². The van der Waals surface area contributed by atoms with Crippen LogP contribution < -0.4 is 0 Å². The Kier molecular flexibility index (Phi) is 1.43. The van der Waals surface area contributed by atoms with E-state index >= 15 is 0 Å². The average Bonchev–Trinajstić information content (AvgIpc) is 2.41. The molecule has 62 valence electrons. The summed E-state index contributed by atoms with van der Waals surface area (Å²) in [6, 6.07) is 2.12. The van der Waals surface area contributed by atoms with Crippen LogP contribution in [0.2, 0.25) is 0 Å². The van der Waals surface area contributed by atoms with Crippen LogP contribution in [0, 0.1) is 20.8 Å². The summed E-state index contributed by atoms with van der Waals surface area (Å²) in [6.07, 6.45) is 3.97. The first-order valence-corrected chi connectivity index (χ1v) is 4.10. The maximum Gasteiger partial charge on any atom is 0.140 e. The summed E-state index contributed by atoms with van der Waals surface area (Å²) in [7, 11) is 0. The van der Waals surface area contributed by atoms with Gasteiger partial charge in [0.25, 0.3) is 0 Å². The molecular formula is C10H12N2. The Labute approximate surface area is 71.9 Å². The Balaban J connectivity index is 2.93. The van der Waals surface area contributed by atoms with Crippen LogP contribution in [0.5, 0.6) is 0 Å². The number of pyridine rings is 1. The molecule has 0 aromatic carbocycles. The van der Waals surface area contributed by atoms with E-state index in [-0.39, 0.29) is 0 Å². The lowest BCUT2D eigenvalue weighted by Gasteiger charge is -2.02. The minimum atomic E-state index is 1.08. The van der Waals surface area contributed by atoms with Crippen molar-refractivity contribution < 1.29 is 0 Å². The first kappa shape index (κ1) is 7.35. The van der Waals surface area contributed by atoms with Crippen LogP contribution in [-0.4, -0.2) is 9.38 Å². The van der Waals surface area contributed by atoms with Gasteiger partial charge in [0.2, 0.25) is 0 Å². The number of nitrogens with zero attached hydrogens (tertiary/aromatic N) is 2. The van der Waals surface area contributed by atoms with E-state index in [0.29, 0.717) is 0 Å². The van der Waals surface area contributed by atoms with Crippen LogP contribution in [0.1, 0.15) is 16.8 Å². The van der Waals surface area contributed by atoms with E-state index in [1.807, 2.05) is 6.20 Å². The molecule has 2 heterocycles. The molecule has 0 aliphatic heterocycles. The molecular weight excluding hydrogens is 148 g/mol. The second kappa shape index (κ2) is 2.34. The summed E-state index contributed by atoms with van der Waals surface area (Å²) in [5.74, 6) is 0. The maximum atomic E-state index is 4.34. The van der Waals surface area contributed by atoms with Crippen LogP contribution in [0.4, 0.5) is 0 Å². The predicted molar refractivity (Wildman–Crippen MR) is 49.4 cm³/mol. The molecule has 0 fully saturated rings. The first-order chi connectivity index (χ1) is 5.70. The molecule has 2 aromatic heterocycles. The van der Waals surface area contributed by atoms with Crippen molar-refractivity contribution in [2.45, 2.75) is 20.8 Å². The molecule has 0 aliphatic carbocycles. The van der Waals surface area contributed by atoms with E-state index in [0.717, 1.165) is 5.65 Å².